The molecule has 0 atom stereocenters. The predicted octanol–water partition coefficient (Wildman–Crippen LogP) is 2.66. The van der Waals surface area contributed by atoms with Crippen molar-refractivity contribution in [2.75, 3.05) is 25.0 Å². The quantitative estimate of drug-likeness (QED) is 0.693. The highest BCUT2D eigenvalue weighted by Crippen LogP contribution is 2.27. The molecule has 0 fully saturated rings. The summed E-state index contributed by atoms with van der Waals surface area (Å²) in [7, 11) is 0. The van der Waals surface area contributed by atoms with Crippen molar-refractivity contribution in [2.24, 2.45) is 4.99 Å². The van der Waals surface area contributed by atoms with Gasteiger partial charge in [0.2, 0.25) is 0 Å². The van der Waals surface area contributed by atoms with Crippen molar-refractivity contribution in [3.63, 3.8) is 0 Å². The second-order valence-corrected chi connectivity index (χ2v) is 5.32. The topological polar surface area (TPSA) is 63.8 Å². The minimum absolute atomic E-state index is 0.572. The number of nitrogens with zero attached hydrogens (tertiary/aromatic N) is 4. The maximum absolute atomic E-state index is 5.77. The lowest BCUT2D eigenvalue weighted by Gasteiger charge is -2.06. The molecule has 1 aliphatic heterocycles. The normalized spacial score (nSPS) is 14.8. The van der Waals surface area contributed by atoms with E-state index in [1.807, 2.05) is 48.9 Å². The van der Waals surface area contributed by atoms with E-state index in [1.54, 1.807) is 4.52 Å². The van der Waals surface area contributed by atoms with Gasteiger partial charge in [-0.3, -0.25) is 4.99 Å². The van der Waals surface area contributed by atoms with Crippen molar-refractivity contribution >= 4 is 17.7 Å². The second kappa shape index (κ2) is 6.08. The number of nitrogens with one attached hydrogen (secondary N) is 1. The first-order valence-electron chi connectivity index (χ1n) is 7.70. The molecule has 3 heterocycles. The van der Waals surface area contributed by atoms with Crippen molar-refractivity contribution < 1.29 is 4.74 Å². The van der Waals surface area contributed by atoms with Gasteiger partial charge in [-0.25, -0.2) is 9.50 Å². The summed E-state index contributed by atoms with van der Waals surface area (Å²) >= 11 is 0. The molecule has 4 bridgehead atoms. The fourth-order valence-electron chi connectivity index (χ4n) is 2.59. The smallest absolute Gasteiger partial charge is 0.165 e. The van der Waals surface area contributed by atoms with Crippen LogP contribution in [0, 0.1) is 0 Å². The molecule has 6 heteroatoms. The van der Waals surface area contributed by atoms with Gasteiger partial charge in [0.05, 0.1) is 12.7 Å². The van der Waals surface area contributed by atoms with Gasteiger partial charge >= 0.3 is 0 Å². The number of anilines is 1. The number of hydrogen-bond donors (Lipinski definition) is 1. The third-order valence-corrected chi connectivity index (χ3v) is 3.71. The Balaban J connectivity index is 1.81. The fraction of sp³-hybridized carbons (Fsp3) is 0.235. The van der Waals surface area contributed by atoms with Crippen LogP contribution in [0.4, 0.5) is 5.82 Å². The lowest BCUT2D eigenvalue weighted by molar-refractivity contribution is 0.329. The lowest BCUT2D eigenvalue weighted by Crippen LogP contribution is -2.05. The van der Waals surface area contributed by atoms with E-state index < -0.39 is 0 Å². The molecule has 1 aromatic carbocycles. The van der Waals surface area contributed by atoms with Crippen LogP contribution in [-0.2, 0) is 0 Å². The Morgan fingerprint density at radius 2 is 2.22 bits per heavy atom. The number of hydrogen-bond acceptors (Lipinski definition) is 5. The maximum Gasteiger partial charge on any atom is 0.165 e. The van der Waals surface area contributed by atoms with Crippen molar-refractivity contribution in [2.45, 2.75) is 6.42 Å². The fourth-order valence-corrected chi connectivity index (χ4v) is 2.59. The minimum Gasteiger partial charge on any atom is -0.492 e. The van der Waals surface area contributed by atoms with E-state index in [0.717, 1.165) is 41.3 Å². The van der Waals surface area contributed by atoms with E-state index in [0.29, 0.717) is 13.2 Å². The van der Waals surface area contributed by atoms with Gasteiger partial charge in [-0.15, -0.1) is 0 Å². The van der Waals surface area contributed by atoms with Crippen LogP contribution >= 0.6 is 0 Å². The van der Waals surface area contributed by atoms with Crippen LogP contribution in [0.1, 0.15) is 6.42 Å². The van der Waals surface area contributed by atoms with Gasteiger partial charge < -0.3 is 10.1 Å². The third-order valence-electron chi connectivity index (χ3n) is 3.71. The Morgan fingerprint density at radius 1 is 1.22 bits per heavy atom. The summed E-state index contributed by atoms with van der Waals surface area (Å²) in [5, 5.41) is 7.70. The van der Waals surface area contributed by atoms with Gasteiger partial charge in [0.1, 0.15) is 18.2 Å². The number of fused-ring (bicyclic) bond motifs is 4. The first kappa shape index (κ1) is 13.8. The van der Waals surface area contributed by atoms with E-state index in [9.17, 15) is 0 Å². The average Bonchev–Trinajstić information content (AvgIpc) is 3.00. The minimum atomic E-state index is 0.572. The van der Waals surface area contributed by atoms with Gasteiger partial charge in [-0.2, -0.15) is 5.10 Å². The van der Waals surface area contributed by atoms with Crippen LogP contribution in [0.15, 0.2) is 47.7 Å². The monoisotopic (exact) mass is 307 g/mol. The standard InChI is InChI=1S/C17H17N5O/c1-3-13-11-14(4-1)23-10-8-18-6-2-7-19-16-5-9-22-17(21-16)15(13)12-20-22/h1,3-6,9,11-12H,2,7-8,10H2,(H,19,21). The molecule has 3 aromatic rings. The molecule has 4 rings (SSSR count). The molecule has 116 valence electrons. The molecule has 0 radical (unpaired) electrons. The number of benzene rings is 1. The van der Waals surface area contributed by atoms with Gasteiger partial charge in [-0.05, 0) is 30.2 Å². The second-order valence-electron chi connectivity index (χ2n) is 5.32. The van der Waals surface area contributed by atoms with Crippen LogP contribution in [0.2, 0.25) is 0 Å². The maximum atomic E-state index is 5.77. The molecular formula is C17H17N5O. The number of rotatable bonds is 0. The molecule has 1 aliphatic rings. The summed E-state index contributed by atoms with van der Waals surface area (Å²) in [6.45, 7) is 2.03. The first-order valence-corrected chi connectivity index (χ1v) is 7.70. The van der Waals surface area contributed by atoms with Crippen LogP contribution < -0.4 is 10.1 Å². The highest BCUT2D eigenvalue weighted by molar-refractivity contribution is 5.78. The molecule has 0 saturated carbocycles. The van der Waals surface area contributed by atoms with E-state index in [2.05, 4.69) is 20.4 Å². The number of ether oxygens (including phenoxy) is 1. The third kappa shape index (κ3) is 2.88. The van der Waals surface area contributed by atoms with Crippen LogP contribution in [0.3, 0.4) is 0 Å². The molecule has 0 unspecified atom stereocenters. The van der Waals surface area contributed by atoms with Gasteiger partial charge in [-0.1, -0.05) is 12.1 Å². The van der Waals surface area contributed by atoms with E-state index in [1.165, 1.54) is 0 Å². The van der Waals surface area contributed by atoms with Crippen LogP contribution in [0.5, 0.6) is 5.75 Å². The summed E-state index contributed by atoms with van der Waals surface area (Å²) in [5.41, 5.74) is 2.86. The Morgan fingerprint density at radius 3 is 3.22 bits per heavy atom. The Labute approximate surface area is 133 Å². The summed E-state index contributed by atoms with van der Waals surface area (Å²) in [6, 6.07) is 9.93. The van der Waals surface area contributed by atoms with Crippen molar-refractivity contribution in [1.29, 1.82) is 0 Å². The Hall–Kier alpha value is -2.89. The predicted molar refractivity (Wildman–Crippen MR) is 90.4 cm³/mol. The SMILES string of the molecule is C1=NCCOc2cccc(c2)-c2cnn3ccc(nc23)NCC1. The molecule has 0 saturated heterocycles. The van der Waals surface area contributed by atoms with E-state index in [-0.39, 0.29) is 0 Å². The zero-order valence-electron chi connectivity index (χ0n) is 12.6. The molecule has 0 spiro atoms. The molecule has 23 heavy (non-hydrogen) atoms. The molecule has 1 N–H and O–H groups in total. The summed E-state index contributed by atoms with van der Waals surface area (Å²) in [5.74, 6) is 1.68. The Bertz CT molecular complexity index is 855. The van der Waals surface area contributed by atoms with E-state index in [4.69, 9.17) is 4.74 Å². The van der Waals surface area contributed by atoms with Gasteiger partial charge in [0, 0.05) is 24.5 Å². The first-order chi connectivity index (χ1) is 11.4. The van der Waals surface area contributed by atoms with Crippen molar-refractivity contribution in [3.05, 3.63) is 42.7 Å². The highest BCUT2D eigenvalue weighted by Gasteiger charge is 2.10. The van der Waals surface area contributed by atoms with Gasteiger partial charge in [0.25, 0.3) is 0 Å². The zero-order valence-corrected chi connectivity index (χ0v) is 12.6. The Kier molecular flexibility index (Phi) is 3.63. The molecule has 6 nitrogen and oxygen atoms in total. The molecule has 0 aliphatic carbocycles. The van der Waals surface area contributed by atoms with Crippen LogP contribution in [-0.4, -0.2) is 40.5 Å². The number of aromatic nitrogens is 3. The van der Waals surface area contributed by atoms with Crippen molar-refractivity contribution in [1.82, 2.24) is 14.6 Å². The highest BCUT2D eigenvalue weighted by atomic mass is 16.5. The van der Waals surface area contributed by atoms with Gasteiger partial charge in [0.15, 0.2) is 5.65 Å². The largest absolute Gasteiger partial charge is 0.492 e. The average molecular weight is 307 g/mol. The van der Waals surface area contributed by atoms with E-state index >= 15 is 0 Å². The summed E-state index contributed by atoms with van der Waals surface area (Å²) < 4.78 is 7.56. The number of aliphatic imine (C=N–C) groups is 1. The summed E-state index contributed by atoms with van der Waals surface area (Å²) in [6.07, 6.45) is 6.54. The van der Waals surface area contributed by atoms with Crippen molar-refractivity contribution in [3.8, 4) is 16.9 Å². The summed E-state index contributed by atoms with van der Waals surface area (Å²) in [4.78, 5) is 9.04. The van der Waals surface area contributed by atoms with Crippen LogP contribution in [0.25, 0.3) is 16.8 Å². The molecule has 2 aromatic heterocycles. The molecule has 0 amide bonds. The zero-order chi connectivity index (χ0) is 15.5. The lowest BCUT2D eigenvalue weighted by atomic mass is 10.1. The molecular weight excluding hydrogens is 290 g/mol.